The van der Waals surface area contributed by atoms with Gasteiger partial charge in [-0.3, -0.25) is 0 Å². The third kappa shape index (κ3) is 3.58. The molecule has 0 spiro atoms. The monoisotopic (exact) mass is 389 g/mol. The van der Waals surface area contributed by atoms with E-state index in [1.54, 1.807) is 6.26 Å². The van der Waals surface area contributed by atoms with Gasteiger partial charge in [0.1, 0.15) is 12.4 Å². The molecule has 1 saturated heterocycles. The van der Waals surface area contributed by atoms with Gasteiger partial charge in [-0.2, -0.15) is 0 Å². The SMILES string of the molecule is O=C(OCC1CCCCO1)c1c2c(nc3ccccc13)C(=Cc1ccco1)CC2. The molecule has 1 aliphatic carbocycles. The van der Waals surface area contributed by atoms with E-state index in [4.69, 9.17) is 18.9 Å². The Morgan fingerprint density at radius 1 is 1.17 bits per heavy atom. The average molecular weight is 389 g/mol. The van der Waals surface area contributed by atoms with Crippen LogP contribution < -0.4 is 0 Å². The largest absolute Gasteiger partial charge is 0.465 e. The van der Waals surface area contributed by atoms with Gasteiger partial charge in [-0.25, -0.2) is 9.78 Å². The molecule has 1 unspecified atom stereocenters. The molecule has 1 fully saturated rings. The van der Waals surface area contributed by atoms with E-state index in [0.717, 1.165) is 72.2 Å². The number of fused-ring (bicyclic) bond motifs is 2. The fourth-order valence-corrected chi connectivity index (χ4v) is 4.24. The fraction of sp³-hybridized carbons (Fsp3) is 0.333. The van der Waals surface area contributed by atoms with Crippen LogP contribution in [0.1, 0.15) is 53.1 Å². The molecule has 2 aromatic heterocycles. The van der Waals surface area contributed by atoms with Gasteiger partial charge in [-0.1, -0.05) is 18.2 Å². The number of benzene rings is 1. The molecular weight excluding hydrogens is 366 g/mol. The lowest BCUT2D eigenvalue weighted by Gasteiger charge is -2.22. The van der Waals surface area contributed by atoms with E-state index in [1.165, 1.54) is 0 Å². The number of esters is 1. The van der Waals surface area contributed by atoms with Crippen LogP contribution in [0, 0.1) is 0 Å². The fourth-order valence-electron chi connectivity index (χ4n) is 4.24. The van der Waals surface area contributed by atoms with Crippen molar-refractivity contribution in [2.24, 2.45) is 0 Å². The Kier molecular flexibility index (Phi) is 4.90. The zero-order valence-electron chi connectivity index (χ0n) is 16.2. The predicted octanol–water partition coefficient (Wildman–Crippen LogP) is 5.04. The standard InChI is InChI=1S/C24H23NO4/c26-24(29-15-18-6-3-4-12-28-18)22-19-8-1-2-9-21(19)25-23-16(10-11-20(22)23)14-17-7-5-13-27-17/h1-2,5,7-9,13-14,18H,3-4,6,10-12,15H2. The average Bonchev–Trinajstić information content (AvgIpc) is 3.42. The number of aromatic nitrogens is 1. The van der Waals surface area contributed by atoms with E-state index >= 15 is 0 Å². The van der Waals surface area contributed by atoms with Gasteiger partial charge in [0.2, 0.25) is 0 Å². The van der Waals surface area contributed by atoms with Crippen LogP contribution in [0.25, 0.3) is 22.6 Å². The van der Waals surface area contributed by atoms with Crippen LogP contribution in [0.15, 0.2) is 47.1 Å². The number of para-hydroxylation sites is 1. The molecular formula is C24H23NO4. The van der Waals surface area contributed by atoms with Gasteiger partial charge in [-0.15, -0.1) is 0 Å². The number of allylic oxidation sites excluding steroid dienone is 1. The molecule has 1 atom stereocenters. The summed E-state index contributed by atoms with van der Waals surface area (Å²) in [6, 6.07) is 11.6. The summed E-state index contributed by atoms with van der Waals surface area (Å²) < 4.78 is 16.9. The van der Waals surface area contributed by atoms with Gasteiger partial charge in [0.05, 0.1) is 29.1 Å². The maximum Gasteiger partial charge on any atom is 0.339 e. The van der Waals surface area contributed by atoms with Gasteiger partial charge < -0.3 is 13.9 Å². The van der Waals surface area contributed by atoms with Crippen molar-refractivity contribution < 1.29 is 18.7 Å². The maximum atomic E-state index is 13.1. The molecule has 0 radical (unpaired) electrons. The van der Waals surface area contributed by atoms with Gasteiger partial charge in [-0.05, 0) is 67.5 Å². The highest BCUT2D eigenvalue weighted by molar-refractivity contribution is 6.07. The number of furan rings is 1. The van der Waals surface area contributed by atoms with Crippen LogP contribution in [0.2, 0.25) is 0 Å². The summed E-state index contributed by atoms with van der Waals surface area (Å²) in [5, 5.41) is 0.847. The molecule has 29 heavy (non-hydrogen) atoms. The lowest BCUT2D eigenvalue weighted by atomic mass is 10.0. The third-order valence-corrected chi connectivity index (χ3v) is 5.68. The number of carbonyl (C=O) groups is 1. The summed E-state index contributed by atoms with van der Waals surface area (Å²) in [6.07, 6.45) is 8.41. The molecule has 5 heteroatoms. The van der Waals surface area contributed by atoms with Crippen molar-refractivity contribution in [3.63, 3.8) is 0 Å². The lowest BCUT2D eigenvalue weighted by molar-refractivity contribution is -0.0300. The van der Waals surface area contributed by atoms with Gasteiger partial charge in [0, 0.05) is 12.0 Å². The van der Waals surface area contributed by atoms with Crippen LogP contribution in [0.3, 0.4) is 0 Å². The van der Waals surface area contributed by atoms with Crippen LogP contribution in [0.4, 0.5) is 0 Å². The highest BCUT2D eigenvalue weighted by Crippen LogP contribution is 2.37. The number of carbonyl (C=O) groups excluding carboxylic acids is 1. The van der Waals surface area contributed by atoms with Crippen LogP contribution in [-0.4, -0.2) is 30.3 Å². The second kappa shape index (κ2) is 7.84. The van der Waals surface area contributed by atoms with Crippen molar-refractivity contribution in [2.75, 3.05) is 13.2 Å². The predicted molar refractivity (Wildman–Crippen MR) is 111 cm³/mol. The molecule has 5 nitrogen and oxygen atoms in total. The summed E-state index contributed by atoms with van der Waals surface area (Å²) in [6.45, 7) is 1.05. The number of ether oxygens (including phenoxy) is 2. The summed E-state index contributed by atoms with van der Waals surface area (Å²) >= 11 is 0. The minimum Gasteiger partial charge on any atom is -0.465 e. The zero-order valence-corrected chi connectivity index (χ0v) is 16.2. The summed E-state index contributed by atoms with van der Waals surface area (Å²) in [7, 11) is 0. The number of nitrogens with zero attached hydrogens (tertiary/aromatic N) is 1. The molecule has 2 aliphatic rings. The summed E-state index contributed by atoms with van der Waals surface area (Å²) in [5.41, 5.74) is 4.38. The Morgan fingerprint density at radius 3 is 2.93 bits per heavy atom. The van der Waals surface area contributed by atoms with Crippen LogP contribution in [-0.2, 0) is 15.9 Å². The second-order valence-corrected chi connectivity index (χ2v) is 7.60. The first-order chi connectivity index (χ1) is 14.3. The molecule has 0 saturated carbocycles. The molecule has 0 bridgehead atoms. The van der Waals surface area contributed by atoms with Gasteiger partial charge in [0.25, 0.3) is 0 Å². The molecule has 1 aliphatic heterocycles. The summed E-state index contributed by atoms with van der Waals surface area (Å²) in [5.74, 6) is 0.509. The highest BCUT2D eigenvalue weighted by atomic mass is 16.6. The minimum absolute atomic E-state index is 0.00302. The maximum absolute atomic E-state index is 13.1. The van der Waals surface area contributed by atoms with E-state index in [0.29, 0.717) is 12.2 Å². The zero-order chi connectivity index (χ0) is 19.6. The second-order valence-electron chi connectivity index (χ2n) is 7.60. The van der Waals surface area contributed by atoms with Gasteiger partial charge in [0.15, 0.2) is 0 Å². The molecule has 3 heterocycles. The Balaban J connectivity index is 1.51. The number of rotatable bonds is 4. The molecule has 148 valence electrons. The molecule has 3 aromatic rings. The Hall–Kier alpha value is -2.92. The van der Waals surface area contributed by atoms with Crippen molar-refractivity contribution in [1.29, 1.82) is 0 Å². The van der Waals surface area contributed by atoms with Crippen LogP contribution >= 0.6 is 0 Å². The first-order valence-electron chi connectivity index (χ1n) is 10.2. The van der Waals surface area contributed by atoms with E-state index in [1.807, 2.05) is 42.5 Å². The number of pyridine rings is 1. The normalized spacial score (nSPS) is 20.1. The third-order valence-electron chi connectivity index (χ3n) is 5.68. The number of hydrogen-bond acceptors (Lipinski definition) is 5. The van der Waals surface area contributed by atoms with Crippen molar-refractivity contribution >= 4 is 28.5 Å². The van der Waals surface area contributed by atoms with Crippen molar-refractivity contribution in [3.8, 4) is 0 Å². The van der Waals surface area contributed by atoms with Crippen molar-refractivity contribution in [2.45, 2.75) is 38.2 Å². The van der Waals surface area contributed by atoms with E-state index in [2.05, 4.69) is 0 Å². The molecule has 0 amide bonds. The van der Waals surface area contributed by atoms with Gasteiger partial charge >= 0.3 is 5.97 Å². The molecule has 5 rings (SSSR count). The highest BCUT2D eigenvalue weighted by Gasteiger charge is 2.28. The summed E-state index contributed by atoms with van der Waals surface area (Å²) in [4.78, 5) is 18.0. The van der Waals surface area contributed by atoms with E-state index in [9.17, 15) is 4.79 Å². The number of hydrogen-bond donors (Lipinski definition) is 0. The van der Waals surface area contributed by atoms with E-state index in [-0.39, 0.29) is 12.1 Å². The smallest absolute Gasteiger partial charge is 0.339 e. The molecule has 1 aromatic carbocycles. The Labute approximate surface area is 169 Å². The van der Waals surface area contributed by atoms with Crippen molar-refractivity contribution in [1.82, 2.24) is 4.98 Å². The molecule has 0 N–H and O–H groups in total. The van der Waals surface area contributed by atoms with Crippen LogP contribution in [0.5, 0.6) is 0 Å². The lowest BCUT2D eigenvalue weighted by Crippen LogP contribution is -2.26. The topological polar surface area (TPSA) is 61.6 Å². The first-order valence-corrected chi connectivity index (χ1v) is 10.2. The van der Waals surface area contributed by atoms with Crippen molar-refractivity contribution in [3.05, 3.63) is 65.2 Å². The quantitative estimate of drug-likeness (QED) is 0.585. The Morgan fingerprint density at radius 2 is 2.10 bits per heavy atom. The minimum atomic E-state index is -0.284. The Bertz CT molecular complexity index is 1060. The van der Waals surface area contributed by atoms with E-state index < -0.39 is 0 Å². The first kappa shape index (κ1) is 18.1.